The summed E-state index contributed by atoms with van der Waals surface area (Å²) < 4.78 is 0. The van der Waals surface area contributed by atoms with Gasteiger partial charge in [-0.25, -0.2) is 4.98 Å². The summed E-state index contributed by atoms with van der Waals surface area (Å²) in [6.07, 6.45) is 9.07. The number of nitrogens with one attached hydrogen (secondary N) is 1. The first-order valence-electron chi connectivity index (χ1n) is 7.15. The van der Waals surface area contributed by atoms with Crippen LogP contribution < -0.4 is 0 Å². The fourth-order valence-corrected chi connectivity index (χ4v) is 2.90. The van der Waals surface area contributed by atoms with Crippen LogP contribution in [-0.2, 0) is 11.3 Å². The molecule has 19 heavy (non-hydrogen) atoms. The van der Waals surface area contributed by atoms with E-state index < -0.39 is 5.97 Å². The molecule has 2 rings (SSSR count). The molecule has 2 unspecified atom stereocenters. The Balaban J connectivity index is 1.90. The first-order chi connectivity index (χ1) is 9.20. The van der Waals surface area contributed by atoms with Crippen molar-refractivity contribution in [3.8, 4) is 0 Å². The van der Waals surface area contributed by atoms with Crippen LogP contribution in [-0.4, -0.2) is 38.5 Å². The lowest BCUT2D eigenvalue weighted by Gasteiger charge is -2.19. The number of hydrogen-bond acceptors (Lipinski definition) is 3. The van der Waals surface area contributed by atoms with E-state index in [1.165, 1.54) is 19.3 Å². The molecule has 1 fully saturated rings. The molecule has 106 valence electrons. The average molecular weight is 265 g/mol. The number of unbranched alkanes of at least 4 members (excludes halogenated alkanes) is 2. The number of likely N-dealkylation sites (tertiary alicyclic amines) is 1. The summed E-state index contributed by atoms with van der Waals surface area (Å²) in [6.45, 7) is 3.67. The van der Waals surface area contributed by atoms with Gasteiger partial charge in [-0.1, -0.05) is 26.2 Å². The maximum absolute atomic E-state index is 11.3. The van der Waals surface area contributed by atoms with Gasteiger partial charge in [-0.15, -0.1) is 0 Å². The first-order valence-corrected chi connectivity index (χ1v) is 7.15. The van der Waals surface area contributed by atoms with E-state index >= 15 is 0 Å². The molecule has 1 saturated heterocycles. The lowest BCUT2D eigenvalue weighted by Crippen LogP contribution is -2.35. The maximum atomic E-state index is 11.3. The molecule has 2 N–H and O–H groups in total. The van der Waals surface area contributed by atoms with E-state index in [2.05, 4.69) is 16.9 Å². The molecule has 1 aromatic heterocycles. The predicted octanol–water partition coefficient (Wildman–Crippen LogP) is 2.27. The third-order valence-electron chi connectivity index (χ3n) is 3.90. The third kappa shape index (κ3) is 3.80. The molecule has 0 radical (unpaired) electrons. The smallest absolute Gasteiger partial charge is 0.320 e. The number of aromatic amines is 1. The Morgan fingerprint density at radius 2 is 2.42 bits per heavy atom. The van der Waals surface area contributed by atoms with Crippen LogP contribution in [0, 0.1) is 5.92 Å². The second kappa shape index (κ2) is 6.70. The zero-order valence-corrected chi connectivity index (χ0v) is 11.5. The Labute approximate surface area is 114 Å². The van der Waals surface area contributed by atoms with Crippen molar-refractivity contribution in [1.82, 2.24) is 14.9 Å². The molecular weight excluding hydrogens is 242 g/mol. The van der Waals surface area contributed by atoms with Crippen molar-refractivity contribution < 1.29 is 9.90 Å². The quantitative estimate of drug-likeness (QED) is 0.742. The summed E-state index contributed by atoms with van der Waals surface area (Å²) in [6, 6.07) is -0.350. The van der Waals surface area contributed by atoms with Crippen LogP contribution in [0.15, 0.2) is 12.4 Å². The minimum atomic E-state index is -0.704. The van der Waals surface area contributed by atoms with Gasteiger partial charge in [-0.2, -0.15) is 0 Å². The highest BCUT2D eigenvalue weighted by molar-refractivity contribution is 5.73. The lowest BCUT2D eigenvalue weighted by molar-refractivity contribution is -0.142. The van der Waals surface area contributed by atoms with Crippen molar-refractivity contribution >= 4 is 5.97 Å². The molecule has 0 bridgehead atoms. The molecular formula is C14H23N3O2. The fraction of sp³-hybridized carbons (Fsp3) is 0.714. The standard InChI is InChI=1S/C14H23N3O2/c1-2-3-4-5-11-8-12(14(18)19)17(9-11)10-13-15-6-7-16-13/h6-7,11-12H,2-5,8-10H2,1H3,(H,15,16)(H,18,19). The summed E-state index contributed by atoms with van der Waals surface area (Å²) in [4.78, 5) is 20.6. The molecule has 5 nitrogen and oxygen atoms in total. The van der Waals surface area contributed by atoms with Crippen LogP contribution >= 0.6 is 0 Å². The molecule has 0 aliphatic carbocycles. The second-order valence-corrected chi connectivity index (χ2v) is 5.42. The summed E-state index contributed by atoms with van der Waals surface area (Å²) in [5.74, 6) is 0.660. The summed E-state index contributed by atoms with van der Waals surface area (Å²) in [5, 5.41) is 9.33. The highest BCUT2D eigenvalue weighted by Gasteiger charge is 2.36. The van der Waals surface area contributed by atoms with Gasteiger partial charge in [0.1, 0.15) is 11.9 Å². The Hall–Kier alpha value is -1.36. The number of aromatic nitrogens is 2. The van der Waals surface area contributed by atoms with E-state index in [0.717, 1.165) is 25.2 Å². The molecule has 1 aliphatic heterocycles. The van der Waals surface area contributed by atoms with Crippen molar-refractivity contribution in [3.63, 3.8) is 0 Å². The zero-order chi connectivity index (χ0) is 13.7. The largest absolute Gasteiger partial charge is 0.480 e. The highest BCUT2D eigenvalue weighted by Crippen LogP contribution is 2.28. The molecule has 2 atom stereocenters. The van der Waals surface area contributed by atoms with Crippen molar-refractivity contribution in [1.29, 1.82) is 0 Å². The number of hydrogen-bond donors (Lipinski definition) is 2. The Bertz CT molecular complexity index is 391. The van der Waals surface area contributed by atoms with Gasteiger partial charge in [0, 0.05) is 18.9 Å². The average Bonchev–Trinajstić information content (AvgIpc) is 3.00. The van der Waals surface area contributed by atoms with E-state index in [-0.39, 0.29) is 6.04 Å². The van der Waals surface area contributed by atoms with E-state index in [9.17, 15) is 9.90 Å². The Morgan fingerprint density at radius 3 is 3.05 bits per heavy atom. The van der Waals surface area contributed by atoms with Gasteiger partial charge in [0.05, 0.1) is 6.54 Å². The van der Waals surface area contributed by atoms with Crippen LogP contribution in [0.5, 0.6) is 0 Å². The number of aliphatic carboxylic acids is 1. The van der Waals surface area contributed by atoms with Crippen LogP contribution in [0.2, 0.25) is 0 Å². The third-order valence-corrected chi connectivity index (χ3v) is 3.90. The van der Waals surface area contributed by atoms with Gasteiger partial charge in [-0.3, -0.25) is 9.69 Å². The first kappa shape index (κ1) is 14.1. The Kier molecular flexibility index (Phi) is 4.96. The number of rotatable bonds is 7. The van der Waals surface area contributed by atoms with Gasteiger partial charge < -0.3 is 10.1 Å². The minimum absolute atomic E-state index is 0.350. The topological polar surface area (TPSA) is 69.2 Å². The molecule has 1 aromatic rings. The number of carboxylic acid groups (broad SMARTS) is 1. The van der Waals surface area contributed by atoms with Gasteiger partial charge in [0.25, 0.3) is 0 Å². The summed E-state index contributed by atoms with van der Waals surface area (Å²) >= 11 is 0. The van der Waals surface area contributed by atoms with Gasteiger partial charge in [0.2, 0.25) is 0 Å². The molecule has 5 heteroatoms. The van der Waals surface area contributed by atoms with Crippen LogP contribution in [0.1, 0.15) is 44.9 Å². The maximum Gasteiger partial charge on any atom is 0.320 e. The molecule has 0 saturated carbocycles. The molecule has 0 amide bonds. The number of carbonyl (C=O) groups is 1. The lowest BCUT2D eigenvalue weighted by atomic mass is 9.98. The van der Waals surface area contributed by atoms with Crippen molar-refractivity contribution in [2.24, 2.45) is 5.92 Å². The number of imidazole rings is 1. The van der Waals surface area contributed by atoms with E-state index in [1.807, 2.05) is 4.90 Å². The van der Waals surface area contributed by atoms with Gasteiger partial charge >= 0.3 is 5.97 Å². The normalized spacial score (nSPS) is 23.8. The fourth-order valence-electron chi connectivity index (χ4n) is 2.90. The number of carboxylic acids is 1. The minimum Gasteiger partial charge on any atom is -0.480 e. The van der Waals surface area contributed by atoms with Crippen LogP contribution in [0.25, 0.3) is 0 Å². The predicted molar refractivity (Wildman–Crippen MR) is 72.7 cm³/mol. The summed E-state index contributed by atoms with van der Waals surface area (Å²) in [7, 11) is 0. The van der Waals surface area contributed by atoms with Gasteiger partial charge in [0.15, 0.2) is 0 Å². The zero-order valence-electron chi connectivity index (χ0n) is 11.5. The molecule has 0 spiro atoms. The monoisotopic (exact) mass is 265 g/mol. The number of H-pyrrole nitrogens is 1. The second-order valence-electron chi connectivity index (χ2n) is 5.42. The number of nitrogens with zero attached hydrogens (tertiary/aromatic N) is 2. The van der Waals surface area contributed by atoms with Crippen molar-refractivity contribution in [2.75, 3.05) is 6.54 Å². The van der Waals surface area contributed by atoms with Crippen molar-refractivity contribution in [2.45, 2.75) is 51.6 Å². The highest BCUT2D eigenvalue weighted by atomic mass is 16.4. The van der Waals surface area contributed by atoms with E-state index in [1.54, 1.807) is 12.4 Å². The summed E-state index contributed by atoms with van der Waals surface area (Å²) in [5.41, 5.74) is 0. The van der Waals surface area contributed by atoms with Crippen LogP contribution in [0.3, 0.4) is 0 Å². The molecule has 2 heterocycles. The van der Waals surface area contributed by atoms with Gasteiger partial charge in [-0.05, 0) is 18.8 Å². The molecule has 0 aromatic carbocycles. The van der Waals surface area contributed by atoms with E-state index in [0.29, 0.717) is 12.5 Å². The molecule has 1 aliphatic rings. The Morgan fingerprint density at radius 1 is 1.58 bits per heavy atom. The van der Waals surface area contributed by atoms with Crippen molar-refractivity contribution in [3.05, 3.63) is 18.2 Å². The van der Waals surface area contributed by atoms with Crippen LogP contribution in [0.4, 0.5) is 0 Å². The van der Waals surface area contributed by atoms with E-state index in [4.69, 9.17) is 0 Å². The SMILES string of the molecule is CCCCCC1CC(C(=O)O)N(Cc2ncc[nH]2)C1.